The number of hydrogen-bond acceptors (Lipinski definition) is 4. The van der Waals surface area contributed by atoms with Crippen LogP contribution in [0.25, 0.3) is 0 Å². The molecule has 1 aromatic heterocycles. The molecule has 0 fully saturated rings. The van der Waals surface area contributed by atoms with Gasteiger partial charge in [0.25, 0.3) is 5.91 Å². The van der Waals surface area contributed by atoms with E-state index >= 15 is 0 Å². The fourth-order valence-corrected chi connectivity index (χ4v) is 2.95. The molecule has 1 heterocycles. The molecular weight excluding hydrogens is 270 g/mol. The average Bonchev–Trinajstić information content (AvgIpc) is 2.78. The van der Waals surface area contributed by atoms with Gasteiger partial charge in [-0.15, -0.1) is 0 Å². The van der Waals surface area contributed by atoms with Crippen molar-refractivity contribution in [2.45, 2.75) is 24.3 Å². The number of aliphatic hydroxyl groups is 1. The number of aromatic nitrogens is 1. The first kappa shape index (κ1) is 15.7. The van der Waals surface area contributed by atoms with E-state index in [9.17, 15) is 13.2 Å². The summed E-state index contributed by atoms with van der Waals surface area (Å²) in [4.78, 5) is 11.5. The Morgan fingerprint density at radius 1 is 1.53 bits per heavy atom. The van der Waals surface area contributed by atoms with E-state index in [2.05, 4.69) is 10.0 Å². The number of hydrogen-bond donors (Lipinski definition) is 3. The predicted molar refractivity (Wildman–Crippen MR) is 70.3 cm³/mol. The van der Waals surface area contributed by atoms with Gasteiger partial charge in [-0.1, -0.05) is 6.92 Å². The van der Waals surface area contributed by atoms with Crippen LogP contribution in [-0.4, -0.2) is 43.7 Å². The van der Waals surface area contributed by atoms with Crippen molar-refractivity contribution in [1.82, 2.24) is 14.6 Å². The van der Waals surface area contributed by atoms with Crippen molar-refractivity contribution in [1.29, 1.82) is 0 Å². The molecule has 0 saturated heterocycles. The second-order valence-electron chi connectivity index (χ2n) is 4.16. The number of carbonyl (C=O) groups is 1. The number of sulfonamides is 1. The smallest absolute Gasteiger partial charge is 0.267 e. The van der Waals surface area contributed by atoms with E-state index in [0.717, 1.165) is 0 Å². The van der Waals surface area contributed by atoms with E-state index in [4.69, 9.17) is 5.11 Å². The summed E-state index contributed by atoms with van der Waals surface area (Å²) in [5, 5.41) is 11.5. The second kappa shape index (κ2) is 6.18. The molecule has 0 unspecified atom stereocenters. The SMILES string of the molecule is CC[C@@H](CO)NS(=O)(=O)c1cc(C(=O)NC)n(C)c1. The van der Waals surface area contributed by atoms with Gasteiger partial charge in [-0.25, -0.2) is 13.1 Å². The van der Waals surface area contributed by atoms with E-state index in [-0.39, 0.29) is 23.1 Å². The van der Waals surface area contributed by atoms with Gasteiger partial charge in [0.05, 0.1) is 6.61 Å². The minimum atomic E-state index is -3.74. The molecular formula is C11H19N3O4S. The summed E-state index contributed by atoms with van der Waals surface area (Å²) in [5.41, 5.74) is 0.250. The Morgan fingerprint density at radius 2 is 2.16 bits per heavy atom. The lowest BCUT2D eigenvalue weighted by Crippen LogP contribution is -2.36. The molecule has 0 aromatic carbocycles. The number of aliphatic hydroxyl groups excluding tert-OH is 1. The Kier molecular flexibility index (Phi) is 5.10. The molecule has 0 aliphatic rings. The Bertz CT molecular complexity index is 546. The van der Waals surface area contributed by atoms with Crippen molar-refractivity contribution >= 4 is 15.9 Å². The van der Waals surface area contributed by atoms with Crippen LogP contribution in [0.3, 0.4) is 0 Å². The van der Waals surface area contributed by atoms with Crippen LogP contribution in [0, 0.1) is 0 Å². The van der Waals surface area contributed by atoms with Crippen LogP contribution in [0.15, 0.2) is 17.2 Å². The molecule has 3 N–H and O–H groups in total. The van der Waals surface area contributed by atoms with Gasteiger partial charge in [-0.2, -0.15) is 0 Å². The Labute approximate surface area is 112 Å². The minimum absolute atomic E-state index is 0.000463. The van der Waals surface area contributed by atoms with Crippen molar-refractivity contribution < 1.29 is 18.3 Å². The summed E-state index contributed by atoms with van der Waals surface area (Å²) in [6, 6.07) is 0.763. The van der Waals surface area contributed by atoms with E-state index in [1.165, 1.54) is 23.9 Å². The van der Waals surface area contributed by atoms with E-state index in [1.54, 1.807) is 14.0 Å². The quantitative estimate of drug-likeness (QED) is 0.653. The highest BCUT2D eigenvalue weighted by atomic mass is 32.2. The van der Waals surface area contributed by atoms with Gasteiger partial charge in [0.2, 0.25) is 10.0 Å². The maximum Gasteiger partial charge on any atom is 0.267 e. The highest BCUT2D eigenvalue weighted by Gasteiger charge is 2.22. The fourth-order valence-electron chi connectivity index (χ4n) is 1.57. The molecule has 0 spiro atoms. The summed E-state index contributed by atoms with van der Waals surface area (Å²) in [6.07, 6.45) is 1.84. The van der Waals surface area contributed by atoms with Gasteiger partial charge in [-0.3, -0.25) is 4.79 Å². The van der Waals surface area contributed by atoms with Gasteiger partial charge in [-0.05, 0) is 12.5 Å². The predicted octanol–water partition coefficient (Wildman–Crippen LogP) is -0.566. The van der Waals surface area contributed by atoms with E-state index < -0.39 is 16.1 Å². The van der Waals surface area contributed by atoms with Crippen molar-refractivity contribution in [3.05, 3.63) is 18.0 Å². The third-order valence-electron chi connectivity index (χ3n) is 2.78. The number of carbonyl (C=O) groups excluding carboxylic acids is 1. The van der Waals surface area contributed by atoms with Crippen LogP contribution >= 0.6 is 0 Å². The maximum atomic E-state index is 12.1. The standard InChI is InChI=1S/C11H19N3O4S/c1-4-8(7-15)13-19(17,18)9-5-10(11(16)12-2)14(3)6-9/h5-6,8,13,15H,4,7H2,1-3H3,(H,12,16)/t8-/m0/s1. The molecule has 0 aliphatic heterocycles. The highest BCUT2D eigenvalue weighted by molar-refractivity contribution is 7.89. The molecule has 0 saturated carbocycles. The molecule has 1 aromatic rings. The van der Waals surface area contributed by atoms with Crippen LogP contribution < -0.4 is 10.0 Å². The van der Waals surface area contributed by atoms with Gasteiger partial charge in [0.1, 0.15) is 10.6 Å². The summed E-state index contributed by atoms with van der Waals surface area (Å²) in [6.45, 7) is 1.50. The van der Waals surface area contributed by atoms with Crippen molar-refractivity contribution in [2.24, 2.45) is 7.05 Å². The first-order valence-electron chi connectivity index (χ1n) is 5.87. The van der Waals surface area contributed by atoms with Gasteiger partial charge >= 0.3 is 0 Å². The van der Waals surface area contributed by atoms with Crippen LogP contribution in [0.4, 0.5) is 0 Å². The fraction of sp³-hybridized carbons (Fsp3) is 0.545. The molecule has 1 amide bonds. The van der Waals surface area contributed by atoms with Crippen molar-refractivity contribution in [3.63, 3.8) is 0 Å². The van der Waals surface area contributed by atoms with Crippen molar-refractivity contribution in [3.8, 4) is 0 Å². The van der Waals surface area contributed by atoms with Crippen LogP contribution in [0.1, 0.15) is 23.8 Å². The molecule has 19 heavy (non-hydrogen) atoms. The highest BCUT2D eigenvalue weighted by Crippen LogP contribution is 2.14. The summed E-state index contributed by atoms with van der Waals surface area (Å²) < 4.78 is 28.0. The average molecular weight is 289 g/mol. The lowest BCUT2D eigenvalue weighted by molar-refractivity contribution is 0.0955. The molecule has 7 nitrogen and oxygen atoms in total. The topological polar surface area (TPSA) is 100 Å². The first-order chi connectivity index (χ1) is 8.85. The van der Waals surface area contributed by atoms with Gasteiger partial charge in [0.15, 0.2) is 0 Å². The van der Waals surface area contributed by atoms with Gasteiger partial charge < -0.3 is 15.0 Å². The molecule has 0 aliphatic carbocycles. The first-order valence-corrected chi connectivity index (χ1v) is 7.35. The summed E-state index contributed by atoms with van der Waals surface area (Å²) >= 11 is 0. The lowest BCUT2D eigenvalue weighted by atomic mass is 10.3. The second-order valence-corrected chi connectivity index (χ2v) is 5.87. The van der Waals surface area contributed by atoms with Crippen LogP contribution in [0.2, 0.25) is 0 Å². The summed E-state index contributed by atoms with van der Waals surface area (Å²) in [5.74, 6) is -0.363. The molecule has 1 atom stereocenters. The van der Waals surface area contributed by atoms with E-state index in [0.29, 0.717) is 6.42 Å². The Balaban J connectivity index is 3.06. The number of nitrogens with one attached hydrogen (secondary N) is 2. The molecule has 0 bridgehead atoms. The minimum Gasteiger partial charge on any atom is -0.395 e. The number of aryl methyl sites for hydroxylation is 1. The molecule has 1 rings (SSSR count). The normalized spacial score (nSPS) is 13.3. The molecule has 8 heteroatoms. The zero-order valence-electron chi connectivity index (χ0n) is 11.2. The number of amides is 1. The third-order valence-corrected chi connectivity index (χ3v) is 4.27. The Morgan fingerprint density at radius 3 is 2.63 bits per heavy atom. The number of rotatable bonds is 6. The van der Waals surface area contributed by atoms with Crippen molar-refractivity contribution in [2.75, 3.05) is 13.7 Å². The lowest BCUT2D eigenvalue weighted by Gasteiger charge is -2.13. The molecule has 108 valence electrons. The van der Waals surface area contributed by atoms with E-state index in [1.807, 2.05) is 0 Å². The van der Waals surface area contributed by atoms with Crippen LogP contribution in [0.5, 0.6) is 0 Å². The van der Waals surface area contributed by atoms with Gasteiger partial charge in [0, 0.05) is 26.3 Å². The largest absolute Gasteiger partial charge is 0.395 e. The number of nitrogens with zero attached hydrogens (tertiary/aromatic N) is 1. The third kappa shape index (κ3) is 3.55. The maximum absolute atomic E-state index is 12.1. The zero-order valence-corrected chi connectivity index (χ0v) is 12.0. The monoisotopic (exact) mass is 289 g/mol. The zero-order chi connectivity index (χ0) is 14.6. The Hall–Kier alpha value is -1.38. The van der Waals surface area contributed by atoms with Crippen LogP contribution in [-0.2, 0) is 17.1 Å². The molecule has 0 radical (unpaired) electrons. The summed E-state index contributed by atoms with van der Waals surface area (Å²) in [7, 11) is -0.675.